The SMILES string of the molecule is COc1ccc(-c2nc(SC[C@@H](O)C(F)(F)F)n[nH]2)cc1. The minimum Gasteiger partial charge on any atom is -0.497 e. The molecule has 0 aliphatic carbocycles. The summed E-state index contributed by atoms with van der Waals surface area (Å²) in [6, 6.07) is 6.97. The summed E-state index contributed by atoms with van der Waals surface area (Å²) < 4.78 is 41.5. The second kappa shape index (κ2) is 6.35. The molecule has 21 heavy (non-hydrogen) atoms. The fourth-order valence-corrected chi connectivity index (χ4v) is 2.20. The number of nitrogens with zero attached hydrogens (tertiary/aromatic N) is 2. The van der Waals surface area contributed by atoms with E-state index in [2.05, 4.69) is 15.2 Å². The highest BCUT2D eigenvalue weighted by atomic mass is 32.2. The molecule has 5 nitrogen and oxygen atoms in total. The van der Waals surface area contributed by atoms with E-state index < -0.39 is 18.0 Å². The molecule has 0 radical (unpaired) electrons. The molecule has 114 valence electrons. The average Bonchev–Trinajstić information content (AvgIpc) is 2.92. The fraction of sp³-hybridized carbons (Fsp3) is 0.333. The summed E-state index contributed by atoms with van der Waals surface area (Å²) >= 11 is 0.730. The molecule has 1 aromatic heterocycles. The number of aromatic nitrogens is 3. The number of nitrogens with one attached hydrogen (secondary N) is 1. The van der Waals surface area contributed by atoms with Gasteiger partial charge in [-0.25, -0.2) is 4.98 Å². The molecule has 1 aromatic carbocycles. The molecule has 0 saturated carbocycles. The number of aliphatic hydroxyl groups is 1. The van der Waals surface area contributed by atoms with Crippen molar-refractivity contribution < 1.29 is 23.0 Å². The van der Waals surface area contributed by atoms with Crippen molar-refractivity contribution in [2.45, 2.75) is 17.4 Å². The van der Waals surface area contributed by atoms with Crippen LogP contribution in [0.15, 0.2) is 29.4 Å². The normalized spacial score (nSPS) is 13.2. The number of alkyl halides is 3. The molecule has 1 heterocycles. The van der Waals surface area contributed by atoms with Crippen LogP contribution in [0, 0.1) is 0 Å². The Balaban J connectivity index is 2.01. The molecule has 9 heteroatoms. The van der Waals surface area contributed by atoms with Gasteiger partial charge in [-0.1, -0.05) is 11.8 Å². The summed E-state index contributed by atoms with van der Waals surface area (Å²) in [4.78, 5) is 4.07. The minimum absolute atomic E-state index is 0.143. The zero-order valence-corrected chi connectivity index (χ0v) is 11.7. The smallest absolute Gasteiger partial charge is 0.415 e. The molecule has 2 N–H and O–H groups in total. The van der Waals surface area contributed by atoms with E-state index in [1.165, 1.54) is 0 Å². The summed E-state index contributed by atoms with van der Waals surface area (Å²) in [6.45, 7) is 0. The molecule has 2 rings (SSSR count). The van der Waals surface area contributed by atoms with Gasteiger partial charge in [0, 0.05) is 11.3 Å². The number of hydrogen-bond donors (Lipinski definition) is 2. The van der Waals surface area contributed by atoms with Gasteiger partial charge in [0.25, 0.3) is 0 Å². The zero-order chi connectivity index (χ0) is 15.5. The van der Waals surface area contributed by atoms with Crippen LogP contribution >= 0.6 is 11.8 Å². The number of ether oxygens (including phenoxy) is 1. The second-order valence-corrected chi connectivity index (χ2v) is 5.05. The van der Waals surface area contributed by atoms with Crippen LogP contribution in [0.2, 0.25) is 0 Å². The van der Waals surface area contributed by atoms with Crippen LogP contribution < -0.4 is 4.74 Å². The van der Waals surface area contributed by atoms with Crippen molar-refractivity contribution in [1.82, 2.24) is 15.2 Å². The van der Waals surface area contributed by atoms with E-state index in [4.69, 9.17) is 9.84 Å². The highest BCUT2D eigenvalue weighted by Crippen LogP contribution is 2.26. The first-order valence-corrected chi connectivity index (χ1v) is 6.83. The lowest BCUT2D eigenvalue weighted by Gasteiger charge is -2.12. The Morgan fingerprint density at radius 1 is 1.33 bits per heavy atom. The third-order valence-corrected chi connectivity index (χ3v) is 3.50. The molecule has 1 atom stereocenters. The van der Waals surface area contributed by atoms with Gasteiger partial charge in [0.05, 0.1) is 7.11 Å². The van der Waals surface area contributed by atoms with Crippen LogP contribution in [0.1, 0.15) is 0 Å². The number of thioether (sulfide) groups is 1. The van der Waals surface area contributed by atoms with Crippen LogP contribution in [-0.4, -0.2) is 45.4 Å². The standard InChI is InChI=1S/C12H12F3N3O2S/c1-20-8-4-2-7(3-5-8)10-16-11(18-17-10)21-6-9(19)12(13,14)15/h2-5,9,19H,6H2,1H3,(H,16,17,18)/t9-/m1/s1. The van der Waals surface area contributed by atoms with Crippen molar-refractivity contribution in [2.75, 3.05) is 12.9 Å². The number of aliphatic hydroxyl groups excluding tert-OH is 1. The number of rotatable bonds is 5. The highest BCUT2D eigenvalue weighted by molar-refractivity contribution is 7.99. The minimum atomic E-state index is -4.64. The number of methoxy groups -OCH3 is 1. The fourth-order valence-electron chi connectivity index (χ4n) is 1.44. The summed E-state index contributed by atoms with van der Waals surface area (Å²) in [6.07, 6.45) is -7.03. The molecule has 0 fully saturated rings. The Morgan fingerprint density at radius 2 is 2.00 bits per heavy atom. The predicted molar refractivity (Wildman–Crippen MR) is 71.2 cm³/mol. The van der Waals surface area contributed by atoms with Gasteiger partial charge in [0.2, 0.25) is 5.16 Å². The number of hydrogen-bond acceptors (Lipinski definition) is 5. The lowest BCUT2D eigenvalue weighted by Crippen LogP contribution is -2.30. The van der Waals surface area contributed by atoms with Crippen molar-refractivity contribution in [1.29, 1.82) is 0 Å². The van der Waals surface area contributed by atoms with E-state index in [1.807, 2.05) is 0 Å². The predicted octanol–water partition coefficient (Wildman–Crippen LogP) is 2.50. The molecule has 0 saturated heterocycles. The van der Waals surface area contributed by atoms with Gasteiger partial charge in [0.1, 0.15) is 5.75 Å². The molecule has 2 aromatic rings. The Morgan fingerprint density at radius 3 is 2.57 bits per heavy atom. The monoisotopic (exact) mass is 319 g/mol. The number of aromatic amines is 1. The quantitative estimate of drug-likeness (QED) is 0.829. The first kappa shape index (κ1) is 15.6. The Hall–Kier alpha value is -1.74. The summed E-state index contributed by atoms with van der Waals surface area (Å²) in [5.41, 5.74) is 0.728. The Labute approximate surface area is 122 Å². The topological polar surface area (TPSA) is 71.0 Å². The molecule has 0 amide bonds. The van der Waals surface area contributed by atoms with Gasteiger partial charge in [-0.15, -0.1) is 5.10 Å². The largest absolute Gasteiger partial charge is 0.497 e. The molecular formula is C12H12F3N3O2S. The zero-order valence-electron chi connectivity index (χ0n) is 10.9. The number of H-pyrrole nitrogens is 1. The van der Waals surface area contributed by atoms with Crippen LogP contribution in [-0.2, 0) is 0 Å². The van der Waals surface area contributed by atoms with Crippen LogP contribution in [0.4, 0.5) is 13.2 Å². The van der Waals surface area contributed by atoms with E-state index >= 15 is 0 Å². The van der Waals surface area contributed by atoms with Crippen molar-refractivity contribution in [3.8, 4) is 17.1 Å². The van der Waals surface area contributed by atoms with Crippen LogP contribution in [0.5, 0.6) is 5.75 Å². The molecular weight excluding hydrogens is 307 g/mol. The maximum Gasteiger partial charge on any atom is 0.415 e. The van der Waals surface area contributed by atoms with Crippen molar-refractivity contribution in [2.24, 2.45) is 0 Å². The van der Waals surface area contributed by atoms with Gasteiger partial charge >= 0.3 is 6.18 Å². The Bertz CT molecular complexity index is 586. The van der Waals surface area contributed by atoms with Crippen molar-refractivity contribution in [3.05, 3.63) is 24.3 Å². The van der Waals surface area contributed by atoms with Crippen LogP contribution in [0.3, 0.4) is 0 Å². The van der Waals surface area contributed by atoms with E-state index in [-0.39, 0.29) is 5.16 Å². The van der Waals surface area contributed by atoms with Gasteiger partial charge in [-0.2, -0.15) is 13.2 Å². The first-order valence-electron chi connectivity index (χ1n) is 5.84. The first-order chi connectivity index (χ1) is 9.90. The van der Waals surface area contributed by atoms with Gasteiger partial charge in [-0.05, 0) is 24.3 Å². The third kappa shape index (κ3) is 4.11. The van der Waals surface area contributed by atoms with Crippen molar-refractivity contribution in [3.63, 3.8) is 0 Å². The molecule has 0 bridgehead atoms. The summed E-state index contributed by atoms with van der Waals surface area (Å²) in [5.74, 6) is 0.562. The average molecular weight is 319 g/mol. The van der Waals surface area contributed by atoms with Crippen LogP contribution in [0.25, 0.3) is 11.4 Å². The number of halogens is 3. The molecule has 0 spiro atoms. The van der Waals surface area contributed by atoms with E-state index in [9.17, 15) is 13.2 Å². The molecule has 0 unspecified atom stereocenters. The van der Waals surface area contributed by atoms with E-state index in [0.717, 1.165) is 17.3 Å². The lowest BCUT2D eigenvalue weighted by atomic mass is 10.2. The Kier molecular flexibility index (Phi) is 4.73. The van der Waals surface area contributed by atoms with Crippen molar-refractivity contribution >= 4 is 11.8 Å². The second-order valence-electron chi connectivity index (χ2n) is 4.06. The summed E-state index contributed by atoms with van der Waals surface area (Å²) in [5, 5.41) is 15.5. The maximum atomic E-state index is 12.2. The highest BCUT2D eigenvalue weighted by Gasteiger charge is 2.38. The number of benzene rings is 1. The van der Waals surface area contributed by atoms with E-state index in [0.29, 0.717) is 11.6 Å². The van der Waals surface area contributed by atoms with Gasteiger partial charge < -0.3 is 9.84 Å². The molecule has 0 aliphatic heterocycles. The van der Waals surface area contributed by atoms with E-state index in [1.54, 1.807) is 31.4 Å². The lowest BCUT2D eigenvalue weighted by molar-refractivity contribution is -0.195. The third-order valence-electron chi connectivity index (χ3n) is 2.58. The summed E-state index contributed by atoms with van der Waals surface area (Å²) in [7, 11) is 1.55. The van der Waals surface area contributed by atoms with Gasteiger partial charge in [0.15, 0.2) is 11.9 Å². The maximum absolute atomic E-state index is 12.2. The molecule has 0 aliphatic rings. The van der Waals surface area contributed by atoms with Gasteiger partial charge in [-0.3, -0.25) is 5.10 Å².